The average Bonchev–Trinajstić information content (AvgIpc) is 2.47. The molecule has 0 fully saturated rings. The third-order valence-corrected chi connectivity index (χ3v) is 3.67. The van der Waals surface area contributed by atoms with E-state index in [1.54, 1.807) is 42.5 Å². The molecule has 0 aliphatic heterocycles. The highest BCUT2D eigenvalue weighted by molar-refractivity contribution is 14.1. The molecule has 4 nitrogen and oxygen atoms in total. The molecule has 20 heavy (non-hydrogen) atoms. The van der Waals surface area contributed by atoms with Crippen LogP contribution in [0.1, 0.15) is 20.7 Å². The number of nitrogens with one attached hydrogen (secondary N) is 2. The average molecular weight is 401 g/mol. The molecule has 0 bridgehead atoms. The number of hydrogen-bond acceptors (Lipinski definition) is 2. The lowest BCUT2D eigenvalue weighted by Crippen LogP contribution is -2.41. The lowest BCUT2D eigenvalue weighted by atomic mass is 10.2. The number of hydrogen-bond donors (Lipinski definition) is 2. The summed E-state index contributed by atoms with van der Waals surface area (Å²) in [6.07, 6.45) is 0. The molecule has 0 radical (unpaired) electrons. The van der Waals surface area contributed by atoms with Gasteiger partial charge in [-0.25, -0.2) is 0 Å². The Hall–Kier alpha value is -1.60. The molecular formula is C14H10ClIN2O2. The molecule has 0 aliphatic rings. The van der Waals surface area contributed by atoms with Crippen molar-refractivity contribution in [3.63, 3.8) is 0 Å². The Morgan fingerprint density at radius 2 is 1.60 bits per heavy atom. The normalized spacial score (nSPS) is 9.90. The fraction of sp³-hybridized carbons (Fsp3) is 0. The Morgan fingerprint density at radius 1 is 0.950 bits per heavy atom. The van der Waals surface area contributed by atoms with Crippen LogP contribution in [0, 0.1) is 3.57 Å². The van der Waals surface area contributed by atoms with E-state index in [1.807, 2.05) is 28.7 Å². The van der Waals surface area contributed by atoms with Gasteiger partial charge in [0.05, 0.1) is 5.56 Å². The Kier molecular flexibility index (Phi) is 4.97. The van der Waals surface area contributed by atoms with Gasteiger partial charge in [-0.3, -0.25) is 20.4 Å². The smallest absolute Gasteiger partial charge is 0.267 e. The molecular weight excluding hydrogens is 391 g/mol. The number of rotatable bonds is 2. The quantitative estimate of drug-likeness (QED) is 0.601. The summed E-state index contributed by atoms with van der Waals surface area (Å²) in [7, 11) is 0. The summed E-state index contributed by atoms with van der Waals surface area (Å²) in [5, 5.41) is 0.463. The van der Waals surface area contributed by atoms with Gasteiger partial charge in [0.25, 0.3) is 11.8 Å². The second-order valence-corrected chi connectivity index (χ2v) is 5.50. The molecule has 6 heteroatoms. The predicted octanol–water partition coefficient (Wildman–Crippen LogP) is 3.02. The van der Waals surface area contributed by atoms with Crippen LogP contribution in [-0.2, 0) is 0 Å². The van der Waals surface area contributed by atoms with Gasteiger partial charge in [0.2, 0.25) is 0 Å². The summed E-state index contributed by atoms with van der Waals surface area (Å²) in [5.41, 5.74) is 5.60. The van der Waals surface area contributed by atoms with Crippen molar-refractivity contribution in [2.75, 3.05) is 0 Å². The van der Waals surface area contributed by atoms with Gasteiger partial charge in [0.1, 0.15) is 0 Å². The zero-order valence-electron chi connectivity index (χ0n) is 10.2. The van der Waals surface area contributed by atoms with E-state index in [0.717, 1.165) is 3.57 Å². The van der Waals surface area contributed by atoms with Crippen LogP contribution in [-0.4, -0.2) is 11.8 Å². The van der Waals surface area contributed by atoms with E-state index in [-0.39, 0.29) is 5.91 Å². The van der Waals surface area contributed by atoms with Gasteiger partial charge >= 0.3 is 0 Å². The van der Waals surface area contributed by atoms with Crippen LogP contribution in [0.25, 0.3) is 0 Å². The molecule has 0 aromatic heterocycles. The van der Waals surface area contributed by atoms with Crippen molar-refractivity contribution >= 4 is 46.0 Å². The molecule has 0 aliphatic carbocycles. The van der Waals surface area contributed by atoms with E-state index in [4.69, 9.17) is 11.6 Å². The second kappa shape index (κ2) is 6.71. The fourth-order valence-corrected chi connectivity index (χ4v) is 2.27. The fourth-order valence-electron chi connectivity index (χ4n) is 1.51. The number of hydrazine groups is 1. The summed E-state index contributed by atoms with van der Waals surface area (Å²) >= 11 is 7.88. The number of benzene rings is 2. The van der Waals surface area contributed by atoms with Crippen LogP contribution < -0.4 is 10.9 Å². The highest BCUT2D eigenvalue weighted by Crippen LogP contribution is 2.17. The first-order valence-corrected chi connectivity index (χ1v) is 7.14. The molecule has 2 rings (SSSR count). The van der Waals surface area contributed by atoms with E-state index >= 15 is 0 Å². The van der Waals surface area contributed by atoms with Crippen molar-refractivity contribution in [2.45, 2.75) is 0 Å². The Balaban J connectivity index is 2.02. The lowest BCUT2D eigenvalue weighted by molar-refractivity contribution is 0.0846. The summed E-state index contributed by atoms with van der Waals surface area (Å²) in [6, 6.07) is 13.6. The minimum Gasteiger partial charge on any atom is -0.267 e. The highest BCUT2D eigenvalue weighted by atomic mass is 127. The van der Waals surface area contributed by atoms with Crippen LogP contribution in [0.2, 0.25) is 5.02 Å². The Labute approximate surface area is 134 Å². The van der Waals surface area contributed by atoms with Crippen molar-refractivity contribution in [1.82, 2.24) is 10.9 Å². The van der Waals surface area contributed by atoms with Crippen LogP contribution in [0.3, 0.4) is 0 Å². The Morgan fingerprint density at radius 3 is 2.30 bits per heavy atom. The van der Waals surface area contributed by atoms with E-state index in [0.29, 0.717) is 16.1 Å². The van der Waals surface area contributed by atoms with E-state index in [9.17, 15) is 9.59 Å². The van der Waals surface area contributed by atoms with Crippen molar-refractivity contribution in [1.29, 1.82) is 0 Å². The molecule has 2 amide bonds. The second-order valence-electron chi connectivity index (χ2n) is 3.90. The molecule has 0 unspecified atom stereocenters. The first kappa shape index (κ1) is 14.8. The van der Waals surface area contributed by atoms with Gasteiger partial charge in [-0.2, -0.15) is 0 Å². The maximum Gasteiger partial charge on any atom is 0.270 e. The third kappa shape index (κ3) is 3.71. The number of amides is 2. The maximum atomic E-state index is 12.0. The molecule has 0 saturated heterocycles. The predicted molar refractivity (Wildman–Crippen MR) is 85.5 cm³/mol. The Bertz CT molecular complexity index is 647. The van der Waals surface area contributed by atoms with Gasteiger partial charge in [-0.15, -0.1) is 0 Å². The number of halogens is 2. The molecule has 2 N–H and O–H groups in total. The minimum atomic E-state index is -0.416. The molecule has 0 saturated carbocycles. The molecule has 0 heterocycles. The molecule has 2 aromatic carbocycles. The standard InChI is InChI=1S/C14H10ClIN2O2/c15-10-6-7-12(16)11(8-10)14(20)18-17-13(19)9-4-2-1-3-5-9/h1-8H,(H,17,19)(H,18,20). The van der Waals surface area contributed by atoms with Crippen LogP contribution in [0.4, 0.5) is 0 Å². The van der Waals surface area contributed by atoms with E-state index < -0.39 is 5.91 Å². The van der Waals surface area contributed by atoms with Crippen LogP contribution in [0.15, 0.2) is 48.5 Å². The summed E-state index contributed by atoms with van der Waals surface area (Å²) in [4.78, 5) is 23.7. The van der Waals surface area contributed by atoms with Crippen molar-refractivity contribution in [3.8, 4) is 0 Å². The first-order valence-electron chi connectivity index (χ1n) is 5.68. The van der Waals surface area contributed by atoms with Gasteiger partial charge in [-0.1, -0.05) is 29.8 Å². The van der Waals surface area contributed by atoms with Crippen LogP contribution >= 0.6 is 34.2 Å². The van der Waals surface area contributed by atoms with Crippen LogP contribution in [0.5, 0.6) is 0 Å². The SMILES string of the molecule is O=C(NNC(=O)c1cc(Cl)ccc1I)c1ccccc1. The first-order chi connectivity index (χ1) is 9.58. The number of carbonyl (C=O) groups is 2. The van der Waals surface area contributed by atoms with Crippen molar-refractivity contribution in [2.24, 2.45) is 0 Å². The van der Waals surface area contributed by atoms with Gasteiger partial charge in [0.15, 0.2) is 0 Å². The maximum absolute atomic E-state index is 12.0. The van der Waals surface area contributed by atoms with Crippen molar-refractivity contribution in [3.05, 3.63) is 68.3 Å². The van der Waals surface area contributed by atoms with Gasteiger partial charge in [-0.05, 0) is 52.9 Å². The summed E-state index contributed by atoms with van der Waals surface area (Å²) in [6.45, 7) is 0. The molecule has 0 atom stereocenters. The lowest BCUT2D eigenvalue weighted by Gasteiger charge is -2.08. The zero-order valence-corrected chi connectivity index (χ0v) is 13.1. The summed E-state index contributed by atoms with van der Waals surface area (Å²) < 4.78 is 0.749. The molecule has 2 aromatic rings. The van der Waals surface area contributed by atoms with Crippen molar-refractivity contribution < 1.29 is 9.59 Å². The topological polar surface area (TPSA) is 58.2 Å². The van der Waals surface area contributed by atoms with Gasteiger partial charge < -0.3 is 0 Å². The summed E-state index contributed by atoms with van der Waals surface area (Å²) in [5.74, 6) is -0.794. The number of carbonyl (C=O) groups excluding carboxylic acids is 2. The zero-order chi connectivity index (χ0) is 14.5. The minimum absolute atomic E-state index is 0.379. The van der Waals surface area contributed by atoms with E-state index in [1.165, 1.54) is 0 Å². The van der Waals surface area contributed by atoms with Gasteiger partial charge in [0, 0.05) is 14.2 Å². The highest BCUT2D eigenvalue weighted by Gasteiger charge is 2.12. The monoisotopic (exact) mass is 400 g/mol. The van der Waals surface area contributed by atoms with E-state index in [2.05, 4.69) is 10.9 Å². The largest absolute Gasteiger partial charge is 0.270 e. The third-order valence-electron chi connectivity index (χ3n) is 2.50. The molecule has 0 spiro atoms. The molecule has 102 valence electrons.